The predicted molar refractivity (Wildman–Crippen MR) is 138 cm³/mol. The summed E-state index contributed by atoms with van der Waals surface area (Å²) < 4.78 is 0.707. The van der Waals surface area contributed by atoms with Gasteiger partial charge in [-0.1, -0.05) is 57.9 Å². The van der Waals surface area contributed by atoms with Crippen LogP contribution in [-0.4, -0.2) is 35.5 Å². The van der Waals surface area contributed by atoms with E-state index in [1.54, 1.807) is 48.3 Å². The third-order valence-electron chi connectivity index (χ3n) is 4.62. The van der Waals surface area contributed by atoms with Crippen molar-refractivity contribution in [1.29, 1.82) is 0 Å². The SMILES string of the molecule is Cc1cccc(/C=N/NC(=O)c2cc(Br)ccc2NC(=O)c2ccc(CSCCO)cc2)c1. The van der Waals surface area contributed by atoms with E-state index in [1.165, 1.54) is 0 Å². The van der Waals surface area contributed by atoms with Gasteiger partial charge in [0.05, 0.1) is 24.1 Å². The highest BCUT2D eigenvalue weighted by molar-refractivity contribution is 9.10. The molecule has 0 saturated heterocycles. The summed E-state index contributed by atoms with van der Waals surface area (Å²) in [6.07, 6.45) is 1.57. The smallest absolute Gasteiger partial charge is 0.273 e. The maximum atomic E-state index is 12.8. The number of hydrazone groups is 1. The Morgan fingerprint density at radius 1 is 1.06 bits per heavy atom. The summed E-state index contributed by atoms with van der Waals surface area (Å²) in [4.78, 5) is 25.5. The zero-order valence-corrected chi connectivity index (χ0v) is 20.4. The number of aliphatic hydroxyl groups excluding tert-OH is 1. The topological polar surface area (TPSA) is 90.8 Å². The average Bonchev–Trinajstić information content (AvgIpc) is 2.81. The summed E-state index contributed by atoms with van der Waals surface area (Å²) in [5.74, 6) is 0.685. The molecule has 0 aliphatic heterocycles. The van der Waals surface area contributed by atoms with Crippen LogP contribution in [0.25, 0.3) is 0 Å². The Kier molecular flexibility index (Phi) is 9.24. The number of thioether (sulfide) groups is 1. The van der Waals surface area contributed by atoms with Crippen LogP contribution in [-0.2, 0) is 5.75 Å². The van der Waals surface area contributed by atoms with E-state index in [-0.39, 0.29) is 18.1 Å². The van der Waals surface area contributed by atoms with Gasteiger partial charge >= 0.3 is 0 Å². The molecular formula is C25H24BrN3O3S. The average molecular weight is 526 g/mol. The molecule has 0 spiro atoms. The molecule has 2 amide bonds. The maximum Gasteiger partial charge on any atom is 0.273 e. The number of hydrogen-bond acceptors (Lipinski definition) is 5. The van der Waals surface area contributed by atoms with Crippen LogP contribution in [0.15, 0.2) is 76.3 Å². The number of rotatable bonds is 9. The Hall–Kier alpha value is -2.94. The van der Waals surface area contributed by atoms with Crippen LogP contribution >= 0.6 is 27.7 Å². The number of nitrogens with one attached hydrogen (secondary N) is 2. The molecule has 8 heteroatoms. The molecule has 3 rings (SSSR count). The maximum absolute atomic E-state index is 12.8. The van der Waals surface area contributed by atoms with Gasteiger partial charge in [0.1, 0.15) is 0 Å². The van der Waals surface area contributed by atoms with Crippen molar-refractivity contribution in [2.24, 2.45) is 5.10 Å². The molecular weight excluding hydrogens is 502 g/mol. The molecule has 0 aromatic heterocycles. The monoisotopic (exact) mass is 525 g/mol. The molecule has 170 valence electrons. The minimum atomic E-state index is -0.438. The van der Waals surface area contributed by atoms with Crippen molar-refractivity contribution < 1.29 is 14.7 Å². The summed E-state index contributed by atoms with van der Waals surface area (Å²) in [6.45, 7) is 2.13. The number of halogens is 1. The van der Waals surface area contributed by atoms with Crippen molar-refractivity contribution in [3.05, 3.63) is 99.0 Å². The van der Waals surface area contributed by atoms with Gasteiger partial charge in [0.2, 0.25) is 0 Å². The lowest BCUT2D eigenvalue weighted by Gasteiger charge is -2.11. The summed E-state index contributed by atoms with van der Waals surface area (Å²) in [6, 6.07) is 20.1. The van der Waals surface area contributed by atoms with E-state index in [4.69, 9.17) is 5.11 Å². The van der Waals surface area contributed by atoms with E-state index in [2.05, 4.69) is 31.8 Å². The van der Waals surface area contributed by atoms with Crippen LogP contribution in [0.1, 0.15) is 37.4 Å². The highest BCUT2D eigenvalue weighted by Gasteiger charge is 2.15. The van der Waals surface area contributed by atoms with E-state index >= 15 is 0 Å². The van der Waals surface area contributed by atoms with Gasteiger partial charge in [-0.15, -0.1) is 0 Å². The zero-order valence-electron chi connectivity index (χ0n) is 18.0. The van der Waals surface area contributed by atoms with Crippen molar-refractivity contribution in [2.45, 2.75) is 12.7 Å². The molecule has 0 unspecified atom stereocenters. The Balaban J connectivity index is 1.68. The zero-order chi connectivity index (χ0) is 23.6. The van der Waals surface area contributed by atoms with Crippen molar-refractivity contribution in [3.63, 3.8) is 0 Å². The molecule has 33 heavy (non-hydrogen) atoms. The van der Waals surface area contributed by atoms with Crippen molar-refractivity contribution >= 4 is 51.4 Å². The minimum absolute atomic E-state index is 0.144. The van der Waals surface area contributed by atoms with Crippen molar-refractivity contribution in [3.8, 4) is 0 Å². The first kappa shape index (κ1) is 24.7. The Morgan fingerprint density at radius 3 is 2.58 bits per heavy atom. The Labute approximate surface area is 205 Å². The molecule has 0 bridgehead atoms. The van der Waals surface area contributed by atoms with Crippen LogP contribution < -0.4 is 10.7 Å². The lowest BCUT2D eigenvalue weighted by atomic mass is 10.1. The lowest BCUT2D eigenvalue weighted by Crippen LogP contribution is -2.21. The molecule has 0 heterocycles. The first-order chi connectivity index (χ1) is 16.0. The molecule has 0 radical (unpaired) electrons. The second-order valence-electron chi connectivity index (χ2n) is 7.23. The molecule has 6 nitrogen and oxygen atoms in total. The predicted octanol–water partition coefficient (Wildman–Crippen LogP) is 5.00. The fourth-order valence-corrected chi connectivity index (χ4v) is 4.05. The number of anilines is 1. The molecule has 3 N–H and O–H groups in total. The van der Waals surface area contributed by atoms with Gasteiger partial charge < -0.3 is 10.4 Å². The number of carbonyl (C=O) groups excluding carboxylic acids is 2. The third kappa shape index (κ3) is 7.56. The van der Waals surface area contributed by atoms with Gasteiger partial charge in [-0.25, -0.2) is 5.43 Å². The number of benzene rings is 3. The molecule has 3 aromatic carbocycles. The largest absolute Gasteiger partial charge is 0.396 e. The van der Waals surface area contributed by atoms with E-state index < -0.39 is 5.91 Å². The number of amides is 2. The lowest BCUT2D eigenvalue weighted by molar-refractivity contribution is 0.0956. The first-order valence-corrected chi connectivity index (χ1v) is 12.2. The fourth-order valence-electron chi connectivity index (χ4n) is 2.99. The summed E-state index contributed by atoms with van der Waals surface area (Å²) in [5.41, 5.74) is 6.71. The van der Waals surface area contributed by atoms with Gasteiger partial charge in [0.25, 0.3) is 11.8 Å². The summed E-state index contributed by atoms with van der Waals surface area (Å²) >= 11 is 5.00. The molecule has 0 aliphatic rings. The first-order valence-electron chi connectivity index (χ1n) is 10.2. The van der Waals surface area contributed by atoms with Gasteiger partial charge in [-0.2, -0.15) is 16.9 Å². The van der Waals surface area contributed by atoms with Gasteiger partial charge in [-0.05, 0) is 48.4 Å². The molecule has 0 saturated carbocycles. The van der Waals surface area contributed by atoms with E-state index in [0.29, 0.717) is 21.5 Å². The van der Waals surface area contributed by atoms with E-state index in [0.717, 1.165) is 22.4 Å². The number of nitrogens with zero attached hydrogens (tertiary/aromatic N) is 1. The second kappa shape index (κ2) is 12.3. The van der Waals surface area contributed by atoms with Crippen molar-refractivity contribution in [1.82, 2.24) is 5.43 Å². The van der Waals surface area contributed by atoms with Crippen molar-refractivity contribution in [2.75, 3.05) is 17.7 Å². The molecule has 3 aromatic rings. The van der Waals surface area contributed by atoms with Gasteiger partial charge in [0.15, 0.2) is 0 Å². The summed E-state index contributed by atoms with van der Waals surface area (Å²) in [5, 5.41) is 15.7. The fraction of sp³-hybridized carbons (Fsp3) is 0.160. The molecule has 0 fully saturated rings. The standard InChI is InChI=1S/C25H24BrN3O3S/c1-17-3-2-4-19(13-17)15-27-29-25(32)22-14-21(26)9-10-23(22)28-24(31)20-7-5-18(6-8-20)16-33-12-11-30/h2-10,13-15,30H,11-12,16H2,1H3,(H,28,31)(H,29,32)/b27-15+. The molecule has 0 aliphatic carbocycles. The van der Waals surface area contributed by atoms with Gasteiger partial charge in [-0.3, -0.25) is 9.59 Å². The van der Waals surface area contributed by atoms with E-state index in [1.807, 2.05) is 43.3 Å². The minimum Gasteiger partial charge on any atom is -0.396 e. The second-order valence-corrected chi connectivity index (χ2v) is 9.25. The number of aliphatic hydroxyl groups is 1. The highest BCUT2D eigenvalue weighted by Crippen LogP contribution is 2.22. The molecule has 0 atom stereocenters. The van der Waals surface area contributed by atoms with Crippen LogP contribution in [0, 0.1) is 6.92 Å². The van der Waals surface area contributed by atoms with Crippen LogP contribution in [0.5, 0.6) is 0 Å². The normalized spacial score (nSPS) is 10.9. The summed E-state index contributed by atoms with van der Waals surface area (Å²) in [7, 11) is 0. The quantitative estimate of drug-likeness (QED) is 0.208. The Morgan fingerprint density at radius 2 is 1.85 bits per heavy atom. The number of aryl methyl sites for hydroxylation is 1. The van der Waals surface area contributed by atoms with Crippen LogP contribution in [0.4, 0.5) is 5.69 Å². The highest BCUT2D eigenvalue weighted by atomic mass is 79.9. The number of carbonyl (C=O) groups is 2. The van der Waals surface area contributed by atoms with Crippen LogP contribution in [0.2, 0.25) is 0 Å². The Bertz CT molecular complexity index is 1150. The van der Waals surface area contributed by atoms with Gasteiger partial charge in [0, 0.05) is 21.5 Å². The third-order valence-corrected chi connectivity index (χ3v) is 6.12. The van der Waals surface area contributed by atoms with E-state index in [9.17, 15) is 9.59 Å². The van der Waals surface area contributed by atoms with Crippen LogP contribution in [0.3, 0.4) is 0 Å². The number of hydrogen-bond donors (Lipinski definition) is 3.